The molecule has 4 nitrogen and oxygen atoms in total. The molecule has 7 heteroatoms. The minimum absolute atomic E-state index is 0.00366. The Kier molecular flexibility index (Phi) is 6.58. The third-order valence-electron chi connectivity index (χ3n) is 3.77. The molecule has 0 aliphatic carbocycles. The monoisotopic (exact) mass is 367 g/mol. The van der Waals surface area contributed by atoms with E-state index in [2.05, 4.69) is 9.97 Å². The van der Waals surface area contributed by atoms with E-state index in [-0.39, 0.29) is 18.1 Å². The first-order valence-corrected chi connectivity index (χ1v) is 8.44. The Morgan fingerprint density at radius 2 is 1.96 bits per heavy atom. The maximum Gasteiger partial charge on any atom is 0.284 e. The minimum Gasteiger partial charge on any atom is -0.490 e. The Labute approximate surface area is 151 Å². The lowest BCUT2D eigenvalue weighted by molar-refractivity contribution is 0.134. The van der Waals surface area contributed by atoms with Crippen LogP contribution < -0.4 is 10.5 Å². The SMILES string of the molecule is CC(C)CC(C)(N)COc1ccc(-c2ccnc(CF)c2)nc1C(F)F. The van der Waals surface area contributed by atoms with Gasteiger partial charge in [-0.25, -0.2) is 18.2 Å². The van der Waals surface area contributed by atoms with E-state index in [4.69, 9.17) is 10.5 Å². The van der Waals surface area contributed by atoms with Crippen LogP contribution in [0.5, 0.6) is 5.75 Å². The molecule has 0 aliphatic heterocycles. The van der Waals surface area contributed by atoms with E-state index in [1.807, 2.05) is 20.8 Å². The molecule has 0 aromatic carbocycles. The molecule has 0 aliphatic rings. The normalized spacial score (nSPS) is 13.9. The first kappa shape index (κ1) is 20.2. The summed E-state index contributed by atoms with van der Waals surface area (Å²) in [6, 6.07) is 6.09. The lowest BCUT2D eigenvalue weighted by Crippen LogP contribution is -2.43. The van der Waals surface area contributed by atoms with Crippen LogP contribution in [-0.2, 0) is 6.67 Å². The van der Waals surface area contributed by atoms with Crippen molar-refractivity contribution in [1.29, 1.82) is 0 Å². The van der Waals surface area contributed by atoms with E-state index in [1.165, 1.54) is 18.3 Å². The Morgan fingerprint density at radius 3 is 2.58 bits per heavy atom. The summed E-state index contributed by atoms with van der Waals surface area (Å²) in [4.78, 5) is 7.86. The quantitative estimate of drug-likeness (QED) is 0.735. The summed E-state index contributed by atoms with van der Waals surface area (Å²) in [5.74, 6) is 0.365. The van der Waals surface area contributed by atoms with Crippen LogP contribution in [0.25, 0.3) is 11.3 Å². The average Bonchev–Trinajstić information content (AvgIpc) is 2.58. The van der Waals surface area contributed by atoms with Crippen molar-refractivity contribution < 1.29 is 17.9 Å². The van der Waals surface area contributed by atoms with Crippen molar-refractivity contribution in [3.63, 3.8) is 0 Å². The molecule has 26 heavy (non-hydrogen) atoms. The fourth-order valence-corrected chi connectivity index (χ4v) is 2.85. The van der Waals surface area contributed by atoms with E-state index >= 15 is 0 Å². The summed E-state index contributed by atoms with van der Waals surface area (Å²) in [5.41, 5.74) is 6.12. The van der Waals surface area contributed by atoms with Gasteiger partial charge in [-0.15, -0.1) is 0 Å². The second-order valence-electron chi connectivity index (χ2n) is 7.09. The molecular weight excluding hydrogens is 343 g/mol. The highest BCUT2D eigenvalue weighted by Crippen LogP contribution is 2.31. The minimum atomic E-state index is -2.80. The molecule has 0 fully saturated rings. The van der Waals surface area contributed by atoms with Gasteiger partial charge in [-0.1, -0.05) is 13.8 Å². The molecular formula is C19H24F3N3O. The topological polar surface area (TPSA) is 61.0 Å². The predicted molar refractivity (Wildman–Crippen MR) is 94.8 cm³/mol. The maximum atomic E-state index is 13.5. The average molecular weight is 367 g/mol. The van der Waals surface area contributed by atoms with Crippen LogP contribution in [0, 0.1) is 5.92 Å². The second kappa shape index (κ2) is 8.49. The van der Waals surface area contributed by atoms with Crippen molar-refractivity contribution in [3.8, 4) is 17.0 Å². The fourth-order valence-electron chi connectivity index (χ4n) is 2.85. The van der Waals surface area contributed by atoms with Crippen molar-refractivity contribution >= 4 is 0 Å². The van der Waals surface area contributed by atoms with Gasteiger partial charge in [-0.05, 0) is 43.5 Å². The van der Waals surface area contributed by atoms with Crippen LogP contribution in [0.1, 0.15) is 45.0 Å². The summed E-state index contributed by atoms with van der Waals surface area (Å²) in [6.07, 6.45) is -0.683. The predicted octanol–water partition coefficient (Wildman–Crippen LogP) is 4.69. The van der Waals surface area contributed by atoms with E-state index in [0.717, 1.165) is 0 Å². The van der Waals surface area contributed by atoms with Gasteiger partial charge in [0.05, 0.1) is 11.4 Å². The van der Waals surface area contributed by atoms with Gasteiger partial charge in [-0.3, -0.25) is 4.98 Å². The summed E-state index contributed by atoms with van der Waals surface area (Å²) >= 11 is 0. The Bertz CT molecular complexity index is 736. The molecule has 0 radical (unpaired) electrons. The van der Waals surface area contributed by atoms with Gasteiger partial charge < -0.3 is 10.5 Å². The van der Waals surface area contributed by atoms with Crippen LogP contribution >= 0.6 is 0 Å². The maximum absolute atomic E-state index is 13.5. The third-order valence-corrected chi connectivity index (χ3v) is 3.77. The number of hydrogen-bond donors (Lipinski definition) is 1. The molecule has 0 spiro atoms. The zero-order chi connectivity index (χ0) is 19.3. The van der Waals surface area contributed by atoms with Crippen LogP contribution in [0.2, 0.25) is 0 Å². The van der Waals surface area contributed by atoms with Crippen LogP contribution in [-0.4, -0.2) is 22.1 Å². The number of ether oxygens (including phenoxy) is 1. The highest BCUT2D eigenvalue weighted by atomic mass is 19.3. The van der Waals surface area contributed by atoms with Crippen LogP contribution in [0.3, 0.4) is 0 Å². The molecule has 0 bridgehead atoms. The lowest BCUT2D eigenvalue weighted by Gasteiger charge is -2.27. The summed E-state index contributed by atoms with van der Waals surface area (Å²) in [7, 11) is 0. The van der Waals surface area contributed by atoms with E-state index < -0.39 is 24.3 Å². The molecule has 1 atom stereocenters. The van der Waals surface area contributed by atoms with Gasteiger partial charge in [0.2, 0.25) is 0 Å². The fraction of sp³-hybridized carbons (Fsp3) is 0.474. The number of pyridine rings is 2. The van der Waals surface area contributed by atoms with Crippen LogP contribution in [0.15, 0.2) is 30.5 Å². The van der Waals surface area contributed by atoms with Gasteiger partial charge in [0.25, 0.3) is 6.43 Å². The highest BCUT2D eigenvalue weighted by Gasteiger charge is 2.24. The summed E-state index contributed by atoms with van der Waals surface area (Å²) in [5, 5.41) is 0. The number of halogens is 3. The van der Waals surface area contributed by atoms with Crippen molar-refractivity contribution in [2.45, 2.75) is 45.8 Å². The van der Waals surface area contributed by atoms with Crippen molar-refractivity contribution in [2.75, 3.05) is 6.61 Å². The Morgan fingerprint density at radius 1 is 1.23 bits per heavy atom. The molecule has 2 aromatic heterocycles. The van der Waals surface area contributed by atoms with E-state index in [0.29, 0.717) is 23.6 Å². The first-order chi connectivity index (χ1) is 12.2. The van der Waals surface area contributed by atoms with Crippen LogP contribution in [0.4, 0.5) is 13.2 Å². The van der Waals surface area contributed by atoms with Gasteiger partial charge in [0, 0.05) is 17.3 Å². The number of nitrogens with zero attached hydrogens (tertiary/aromatic N) is 2. The lowest BCUT2D eigenvalue weighted by atomic mass is 9.93. The smallest absolute Gasteiger partial charge is 0.284 e. The van der Waals surface area contributed by atoms with Gasteiger partial charge in [-0.2, -0.15) is 0 Å². The van der Waals surface area contributed by atoms with Crippen molar-refractivity contribution in [3.05, 3.63) is 41.9 Å². The number of alkyl halides is 3. The number of nitrogens with two attached hydrogens (primary N) is 1. The number of rotatable bonds is 8. The zero-order valence-corrected chi connectivity index (χ0v) is 15.2. The molecule has 1 unspecified atom stereocenters. The molecule has 2 aromatic rings. The molecule has 2 rings (SSSR count). The molecule has 0 saturated carbocycles. The van der Waals surface area contributed by atoms with E-state index in [9.17, 15) is 13.2 Å². The van der Waals surface area contributed by atoms with E-state index in [1.54, 1.807) is 12.1 Å². The largest absolute Gasteiger partial charge is 0.490 e. The highest BCUT2D eigenvalue weighted by molar-refractivity contribution is 5.60. The standard InChI is InChI=1S/C19H24F3N3O/c1-12(2)9-19(3,23)11-26-16-5-4-15(25-17(16)18(21)22)13-6-7-24-14(8-13)10-20/h4-8,12,18H,9-11,23H2,1-3H3. The molecule has 2 heterocycles. The van der Waals surface area contributed by atoms with Gasteiger partial charge in [0.15, 0.2) is 0 Å². The Hall–Kier alpha value is -2.15. The zero-order valence-electron chi connectivity index (χ0n) is 15.2. The number of hydrogen-bond acceptors (Lipinski definition) is 4. The molecule has 0 saturated heterocycles. The third kappa shape index (κ3) is 5.42. The molecule has 0 amide bonds. The van der Waals surface area contributed by atoms with Crippen molar-refractivity contribution in [1.82, 2.24) is 9.97 Å². The number of aromatic nitrogens is 2. The first-order valence-electron chi connectivity index (χ1n) is 8.44. The van der Waals surface area contributed by atoms with Crippen molar-refractivity contribution in [2.24, 2.45) is 11.7 Å². The van der Waals surface area contributed by atoms with Gasteiger partial charge in [0.1, 0.15) is 24.7 Å². The summed E-state index contributed by atoms with van der Waals surface area (Å²) in [6.45, 7) is 5.26. The van der Waals surface area contributed by atoms with Gasteiger partial charge >= 0.3 is 0 Å². The Balaban J connectivity index is 2.26. The second-order valence-corrected chi connectivity index (χ2v) is 7.09. The molecule has 142 valence electrons. The molecule has 2 N–H and O–H groups in total. The summed E-state index contributed by atoms with van der Waals surface area (Å²) < 4.78 is 45.2.